The predicted molar refractivity (Wildman–Crippen MR) is 66.3 cm³/mol. The molecule has 0 spiro atoms. The molecule has 0 aromatic rings. The topological polar surface area (TPSA) is 83.5 Å². The number of hydrogen-bond donors (Lipinski definition) is 0. The summed E-state index contributed by atoms with van der Waals surface area (Å²) < 4.78 is 31.5. The maximum Gasteiger partial charge on any atom is 0.392 e. The van der Waals surface area contributed by atoms with Crippen molar-refractivity contribution in [3.63, 3.8) is 0 Å². The lowest BCUT2D eigenvalue weighted by Crippen LogP contribution is -2.47. The number of rotatable bonds is 8. The highest BCUT2D eigenvalue weighted by Gasteiger charge is 2.27. The van der Waals surface area contributed by atoms with E-state index in [4.69, 9.17) is 4.84 Å². The van der Waals surface area contributed by atoms with Gasteiger partial charge in [0.25, 0.3) is 0 Å². The van der Waals surface area contributed by atoms with Crippen LogP contribution in [-0.4, -0.2) is 49.5 Å². The van der Waals surface area contributed by atoms with E-state index in [1.54, 1.807) is 14.0 Å². The summed E-state index contributed by atoms with van der Waals surface area (Å²) in [6, 6.07) is 0. The summed E-state index contributed by atoms with van der Waals surface area (Å²) in [5, 5.41) is 0. The minimum absolute atomic E-state index is 0.0439. The molecule has 0 bridgehead atoms. The van der Waals surface area contributed by atoms with Crippen LogP contribution in [0.15, 0.2) is 12.2 Å². The third-order valence-corrected chi connectivity index (χ3v) is 3.16. The van der Waals surface area contributed by atoms with Crippen LogP contribution in [0, 0.1) is 0 Å². The number of quaternary nitrogens is 1. The molecule has 0 aromatic heterocycles. The first-order valence-corrected chi connectivity index (χ1v) is 7.35. The van der Waals surface area contributed by atoms with Crippen molar-refractivity contribution in [1.29, 1.82) is 0 Å². The number of carbonyl (C=O) groups is 1. The highest BCUT2D eigenvalue weighted by atomic mass is 32.2. The molecule has 0 aromatic carbocycles. The van der Waals surface area contributed by atoms with Crippen LogP contribution in [0.3, 0.4) is 0 Å². The van der Waals surface area contributed by atoms with E-state index in [1.807, 2.05) is 6.92 Å². The van der Waals surface area contributed by atoms with Gasteiger partial charge in [0.15, 0.2) is 0 Å². The second-order valence-electron chi connectivity index (χ2n) is 4.52. The van der Waals surface area contributed by atoms with Crippen LogP contribution >= 0.6 is 0 Å². The van der Waals surface area contributed by atoms with Gasteiger partial charge in [0.05, 0.1) is 10.1 Å². The van der Waals surface area contributed by atoms with E-state index >= 15 is 0 Å². The van der Waals surface area contributed by atoms with Crippen LogP contribution in [0.1, 0.15) is 26.7 Å². The minimum Gasteiger partial charge on any atom is -0.748 e. The van der Waals surface area contributed by atoms with Crippen molar-refractivity contribution in [2.24, 2.45) is 0 Å². The Morgan fingerprint density at radius 3 is 2.33 bits per heavy atom. The maximum absolute atomic E-state index is 11.5. The molecule has 18 heavy (non-hydrogen) atoms. The predicted octanol–water partition coefficient (Wildman–Crippen LogP) is 0.813. The quantitative estimate of drug-likeness (QED) is 0.284. The Morgan fingerprint density at radius 2 is 1.94 bits per heavy atom. The van der Waals surface area contributed by atoms with E-state index in [9.17, 15) is 17.8 Å². The lowest BCUT2D eigenvalue weighted by Gasteiger charge is -2.30. The summed E-state index contributed by atoms with van der Waals surface area (Å²) >= 11 is 0. The van der Waals surface area contributed by atoms with Gasteiger partial charge in [-0.2, -0.15) is 0 Å². The molecule has 7 heteroatoms. The van der Waals surface area contributed by atoms with Crippen molar-refractivity contribution in [1.82, 2.24) is 0 Å². The molecule has 0 N–H and O–H groups in total. The number of hydroxylamine groups is 3. The summed E-state index contributed by atoms with van der Waals surface area (Å²) in [4.78, 5) is 16.7. The van der Waals surface area contributed by atoms with Crippen LogP contribution in [0.4, 0.5) is 0 Å². The Labute approximate surface area is 109 Å². The van der Waals surface area contributed by atoms with E-state index in [1.165, 1.54) is 0 Å². The molecule has 0 radical (unpaired) electrons. The molecule has 0 saturated carbocycles. The van der Waals surface area contributed by atoms with Gasteiger partial charge in [-0.15, -0.1) is 4.65 Å². The van der Waals surface area contributed by atoms with E-state index in [0.29, 0.717) is 6.54 Å². The normalized spacial score (nSPS) is 14.9. The first-order chi connectivity index (χ1) is 8.09. The zero-order chi connectivity index (χ0) is 14.4. The second kappa shape index (κ2) is 6.86. The van der Waals surface area contributed by atoms with Crippen LogP contribution in [-0.2, 0) is 19.8 Å². The van der Waals surface area contributed by atoms with Crippen molar-refractivity contribution in [3.05, 3.63) is 12.2 Å². The largest absolute Gasteiger partial charge is 0.748 e. The van der Waals surface area contributed by atoms with Gasteiger partial charge >= 0.3 is 5.97 Å². The molecule has 0 saturated heterocycles. The van der Waals surface area contributed by atoms with Crippen LogP contribution in [0.2, 0.25) is 0 Å². The van der Waals surface area contributed by atoms with Gasteiger partial charge in [-0.25, -0.2) is 13.2 Å². The molecular weight excluding hydrogens is 258 g/mol. The Kier molecular flexibility index (Phi) is 6.51. The molecule has 1 atom stereocenters. The third-order valence-electron chi connectivity index (χ3n) is 2.37. The highest BCUT2D eigenvalue weighted by Crippen LogP contribution is 2.10. The third kappa shape index (κ3) is 7.41. The molecule has 0 amide bonds. The Bertz CT molecular complexity index is 404. The summed E-state index contributed by atoms with van der Waals surface area (Å²) in [7, 11) is -2.54. The van der Waals surface area contributed by atoms with Crippen molar-refractivity contribution < 1.29 is 27.2 Å². The molecular formula is C11H21NO5S. The van der Waals surface area contributed by atoms with Gasteiger partial charge in [-0.3, -0.25) is 4.84 Å². The first kappa shape index (κ1) is 17.1. The van der Waals surface area contributed by atoms with Crippen molar-refractivity contribution >= 4 is 16.1 Å². The zero-order valence-electron chi connectivity index (χ0n) is 11.1. The standard InChI is InChI=1S/C11H21NO5S/c1-5-7-12(4,17-11(13)10(2)3)8-6-9-18(14,15)16/h2,5-9H2,1,3-4H3. The van der Waals surface area contributed by atoms with E-state index in [2.05, 4.69) is 6.58 Å². The SMILES string of the molecule is C=C(C)C(=O)O[N+](C)(CCC)CCCS(=O)(=O)[O-]. The summed E-state index contributed by atoms with van der Waals surface area (Å²) in [6.45, 7) is 7.80. The molecule has 0 fully saturated rings. The van der Waals surface area contributed by atoms with Gasteiger partial charge in [0.2, 0.25) is 0 Å². The molecule has 1 unspecified atom stereocenters. The van der Waals surface area contributed by atoms with E-state index in [0.717, 1.165) is 6.42 Å². The lowest BCUT2D eigenvalue weighted by atomic mass is 10.3. The monoisotopic (exact) mass is 279 g/mol. The summed E-state index contributed by atoms with van der Waals surface area (Å²) in [5.74, 6) is -0.967. The van der Waals surface area contributed by atoms with Crippen molar-refractivity contribution in [2.75, 3.05) is 25.9 Å². The minimum atomic E-state index is -4.22. The fourth-order valence-electron chi connectivity index (χ4n) is 1.53. The number of carbonyl (C=O) groups excluding carboxylic acids is 1. The van der Waals surface area contributed by atoms with Crippen LogP contribution in [0.5, 0.6) is 0 Å². The average molecular weight is 279 g/mol. The average Bonchev–Trinajstić information content (AvgIpc) is 2.15. The Morgan fingerprint density at radius 1 is 1.39 bits per heavy atom. The Balaban J connectivity index is 4.52. The number of nitrogens with zero attached hydrogens (tertiary/aromatic N) is 1. The molecule has 0 rings (SSSR count). The second-order valence-corrected chi connectivity index (χ2v) is 6.04. The molecule has 0 aliphatic rings. The van der Waals surface area contributed by atoms with Gasteiger partial charge in [0.1, 0.15) is 20.1 Å². The smallest absolute Gasteiger partial charge is 0.392 e. The highest BCUT2D eigenvalue weighted by molar-refractivity contribution is 7.85. The fourth-order valence-corrected chi connectivity index (χ4v) is 2.01. The summed E-state index contributed by atoms with van der Waals surface area (Å²) in [6.07, 6.45) is 0.926. The van der Waals surface area contributed by atoms with Crippen molar-refractivity contribution in [3.8, 4) is 0 Å². The molecule has 0 aliphatic heterocycles. The summed E-state index contributed by atoms with van der Waals surface area (Å²) in [5.41, 5.74) is 0.284. The maximum atomic E-state index is 11.5. The lowest BCUT2D eigenvalue weighted by molar-refractivity contribution is -1.07. The van der Waals surface area contributed by atoms with Gasteiger partial charge in [-0.05, 0) is 13.3 Å². The van der Waals surface area contributed by atoms with Gasteiger partial charge in [-0.1, -0.05) is 13.5 Å². The molecule has 0 aliphatic carbocycles. The van der Waals surface area contributed by atoms with Crippen molar-refractivity contribution in [2.45, 2.75) is 26.7 Å². The van der Waals surface area contributed by atoms with Crippen LogP contribution in [0.25, 0.3) is 0 Å². The molecule has 6 nitrogen and oxygen atoms in total. The van der Waals surface area contributed by atoms with E-state index in [-0.39, 0.29) is 23.2 Å². The fraction of sp³-hybridized carbons (Fsp3) is 0.727. The first-order valence-electron chi connectivity index (χ1n) is 5.77. The van der Waals surface area contributed by atoms with Crippen LogP contribution < -0.4 is 0 Å². The van der Waals surface area contributed by atoms with Gasteiger partial charge in [0, 0.05) is 17.7 Å². The molecule has 0 heterocycles. The Hall–Kier alpha value is -0.920. The molecule has 106 valence electrons. The van der Waals surface area contributed by atoms with E-state index < -0.39 is 21.8 Å². The zero-order valence-corrected chi connectivity index (χ0v) is 12.0. The van der Waals surface area contributed by atoms with Gasteiger partial charge < -0.3 is 4.55 Å². The number of hydrogen-bond acceptors (Lipinski definition) is 5.